The molecule has 1 fully saturated rings. The molecular weight excluding hydrogens is 241 g/mol. The summed E-state index contributed by atoms with van der Waals surface area (Å²) in [6.07, 6.45) is 2.11. The van der Waals surface area contributed by atoms with Gasteiger partial charge in [-0.2, -0.15) is 0 Å². The van der Waals surface area contributed by atoms with Gasteiger partial charge in [-0.3, -0.25) is 0 Å². The molecule has 0 amide bonds. The zero-order valence-electron chi connectivity index (χ0n) is 11.5. The Labute approximate surface area is 112 Å². The van der Waals surface area contributed by atoms with Crippen molar-refractivity contribution in [1.82, 2.24) is 14.9 Å². The minimum Gasteiger partial charge on any atom is -0.328 e. The van der Waals surface area contributed by atoms with Crippen molar-refractivity contribution < 1.29 is 4.39 Å². The molecule has 2 aromatic rings. The molecule has 3 rings (SSSR count). The van der Waals surface area contributed by atoms with Gasteiger partial charge in [-0.1, -0.05) is 13.0 Å². The summed E-state index contributed by atoms with van der Waals surface area (Å²) in [5, 5.41) is 3.45. The van der Waals surface area contributed by atoms with E-state index in [0.717, 1.165) is 37.3 Å². The van der Waals surface area contributed by atoms with E-state index in [1.165, 1.54) is 6.07 Å². The minimum atomic E-state index is -0.216. The molecule has 0 radical (unpaired) electrons. The lowest BCUT2D eigenvalue weighted by Gasteiger charge is -2.16. The Morgan fingerprint density at radius 1 is 1.47 bits per heavy atom. The first kappa shape index (κ1) is 12.6. The van der Waals surface area contributed by atoms with E-state index in [2.05, 4.69) is 28.7 Å². The first-order chi connectivity index (χ1) is 9.22. The molecule has 0 bridgehead atoms. The zero-order chi connectivity index (χ0) is 13.4. The predicted octanol–water partition coefficient (Wildman–Crippen LogP) is 3.05. The average molecular weight is 261 g/mol. The van der Waals surface area contributed by atoms with Crippen LogP contribution in [0.2, 0.25) is 0 Å². The van der Waals surface area contributed by atoms with Gasteiger partial charge in [-0.05, 0) is 38.4 Å². The molecule has 0 saturated carbocycles. The third-order valence-electron chi connectivity index (χ3n) is 4.06. The van der Waals surface area contributed by atoms with E-state index in [0.29, 0.717) is 17.5 Å². The van der Waals surface area contributed by atoms with E-state index >= 15 is 0 Å². The number of halogens is 1. The van der Waals surface area contributed by atoms with Gasteiger partial charge in [0.2, 0.25) is 0 Å². The molecule has 0 aliphatic carbocycles. The van der Waals surface area contributed by atoms with Gasteiger partial charge < -0.3 is 9.88 Å². The number of nitrogens with one attached hydrogen (secondary N) is 1. The third kappa shape index (κ3) is 2.04. The maximum atomic E-state index is 13.9. The molecule has 19 heavy (non-hydrogen) atoms. The van der Waals surface area contributed by atoms with Crippen molar-refractivity contribution in [2.45, 2.75) is 45.2 Å². The fraction of sp³-hybridized carbons (Fsp3) is 0.533. The molecule has 1 saturated heterocycles. The van der Waals surface area contributed by atoms with Crippen molar-refractivity contribution in [3.8, 4) is 0 Å². The molecule has 102 valence electrons. The molecule has 1 aromatic heterocycles. The molecule has 2 atom stereocenters. The van der Waals surface area contributed by atoms with Crippen LogP contribution in [-0.2, 0) is 6.54 Å². The standard InChI is InChI=1S/C15H20FN3/c1-3-9-19-13-6-4-5-12(16)14(13)18-15(19)11-7-8-17-10(11)2/h4-6,10-11,17H,3,7-9H2,1-2H3. The number of hydrogen-bond donors (Lipinski definition) is 1. The first-order valence-electron chi connectivity index (χ1n) is 7.10. The number of fused-ring (bicyclic) bond motifs is 1. The Morgan fingerprint density at radius 3 is 3.00 bits per heavy atom. The third-order valence-corrected chi connectivity index (χ3v) is 4.06. The second-order valence-electron chi connectivity index (χ2n) is 5.37. The van der Waals surface area contributed by atoms with Gasteiger partial charge in [0.1, 0.15) is 11.3 Å². The molecule has 1 aliphatic heterocycles. The number of imidazole rings is 1. The summed E-state index contributed by atoms with van der Waals surface area (Å²) in [5.74, 6) is 1.21. The number of rotatable bonds is 3. The summed E-state index contributed by atoms with van der Waals surface area (Å²) < 4.78 is 16.1. The number of para-hydroxylation sites is 1. The summed E-state index contributed by atoms with van der Waals surface area (Å²) in [6, 6.07) is 5.64. The first-order valence-corrected chi connectivity index (χ1v) is 7.10. The van der Waals surface area contributed by atoms with Crippen LogP contribution in [-0.4, -0.2) is 22.1 Å². The van der Waals surface area contributed by atoms with E-state index in [1.807, 2.05) is 6.07 Å². The van der Waals surface area contributed by atoms with Crippen LogP contribution in [0.1, 0.15) is 38.4 Å². The summed E-state index contributed by atoms with van der Waals surface area (Å²) >= 11 is 0. The number of benzene rings is 1. The van der Waals surface area contributed by atoms with Crippen molar-refractivity contribution in [1.29, 1.82) is 0 Å². The number of aryl methyl sites for hydroxylation is 1. The highest BCUT2D eigenvalue weighted by Crippen LogP contribution is 2.30. The van der Waals surface area contributed by atoms with E-state index in [-0.39, 0.29) is 5.82 Å². The van der Waals surface area contributed by atoms with Gasteiger partial charge in [0.15, 0.2) is 5.82 Å². The van der Waals surface area contributed by atoms with E-state index in [1.54, 1.807) is 6.07 Å². The van der Waals surface area contributed by atoms with Crippen LogP contribution in [0.15, 0.2) is 18.2 Å². The maximum absolute atomic E-state index is 13.9. The summed E-state index contributed by atoms with van der Waals surface area (Å²) in [5.41, 5.74) is 1.45. The minimum absolute atomic E-state index is 0.216. The van der Waals surface area contributed by atoms with Crippen LogP contribution < -0.4 is 5.32 Å². The Kier molecular flexibility index (Phi) is 3.27. The lowest BCUT2D eigenvalue weighted by molar-refractivity contribution is 0.531. The van der Waals surface area contributed by atoms with E-state index in [4.69, 9.17) is 0 Å². The summed E-state index contributed by atoms with van der Waals surface area (Å²) in [6.45, 7) is 6.25. The van der Waals surface area contributed by atoms with Crippen molar-refractivity contribution in [3.63, 3.8) is 0 Å². The van der Waals surface area contributed by atoms with E-state index < -0.39 is 0 Å². The number of nitrogens with zero attached hydrogens (tertiary/aromatic N) is 2. The van der Waals surface area contributed by atoms with Gasteiger partial charge in [0, 0.05) is 18.5 Å². The Balaban J connectivity index is 2.17. The lowest BCUT2D eigenvalue weighted by Crippen LogP contribution is -2.23. The highest BCUT2D eigenvalue weighted by atomic mass is 19.1. The average Bonchev–Trinajstić information content (AvgIpc) is 2.95. The largest absolute Gasteiger partial charge is 0.328 e. The van der Waals surface area contributed by atoms with Gasteiger partial charge in [-0.15, -0.1) is 0 Å². The van der Waals surface area contributed by atoms with Crippen LogP contribution in [0.3, 0.4) is 0 Å². The van der Waals surface area contributed by atoms with Crippen molar-refractivity contribution in [2.24, 2.45) is 0 Å². The monoisotopic (exact) mass is 261 g/mol. The molecule has 2 unspecified atom stereocenters. The van der Waals surface area contributed by atoms with Crippen LogP contribution in [0.5, 0.6) is 0 Å². The smallest absolute Gasteiger partial charge is 0.151 e. The lowest BCUT2D eigenvalue weighted by atomic mass is 10.0. The Bertz CT molecular complexity index is 590. The molecule has 1 aliphatic rings. The molecule has 1 N–H and O–H groups in total. The molecular formula is C15H20FN3. The summed E-state index contributed by atoms with van der Waals surface area (Å²) in [4.78, 5) is 4.61. The van der Waals surface area contributed by atoms with Gasteiger partial charge in [0.25, 0.3) is 0 Å². The Hall–Kier alpha value is -1.42. The highest BCUT2D eigenvalue weighted by Gasteiger charge is 2.29. The fourth-order valence-electron chi connectivity index (χ4n) is 3.08. The molecule has 4 heteroatoms. The normalized spacial score (nSPS) is 23.3. The molecule has 1 aromatic carbocycles. The molecule has 2 heterocycles. The molecule has 0 spiro atoms. The van der Waals surface area contributed by atoms with Crippen molar-refractivity contribution in [3.05, 3.63) is 29.8 Å². The van der Waals surface area contributed by atoms with Crippen molar-refractivity contribution >= 4 is 11.0 Å². The predicted molar refractivity (Wildman–Crippen MR) is 74.8 cm³/mol. The van der Waals surface area contributed by atoms with E-state index in [9.17, 15) is 4.39 Å². The SMILES string of the molecule is CCCn1c(C2CCNC2C)nc2c(F)cccc21. The van der Waals surface area contributed by atoms with Crippen LogP contribution in [0.4, 0.5) is 4.39 Å². The fourth-order valence-corrected chi connectivity index (χ4v) is 3.08. The molecule has 3 nitrogen and oxygen atoms in total. The Morgan fingerprint density at radius 2 is 2.32 bits per heavy atom. The second kappa shape index (κ2) is 4.93. The van der Waals surface area contributed by atoms with Gasteiger partial charge >= 0.3 is 0 Å². The highest BCUT2D eigenvalue weighted by molar-refractivity contribution is 5.76. The quantitative estimate of drug-likeness (QED) is 0.920. The number of aromatic nitrogens is 2. The maximum Gasteiger partial charge on any atom is 0.151 e. The zero-order valence-corrected chi connectivity index (χ0v) is 11.5. The second-order valence-corrected chi connectivity index (χ2v) is 5.37. The number of hydrogen-bond acceptors (Lipinski definition) is 2. The summed E-state index contributed by atoms with van der Waals surface area (Å²) in [7, 11) is 0. The van der Waals surface area contributed by atoms with Crippen LogP contribution in [0, 0.1) is 5.82 Å². The van der Waals surface area contributed by atoms with Gasteiger partial charge in [-0.25, -0.2) is 9.37 Å². The van der Waals surface area contributed by atoms with Crippen LogP contribution >= 0.6 is 0 Å². The van der Waals surface area contributed by atoms with Crippen molar-refractivity contribution in [2.75, 3.05) is 6.54 Å². The van der Waals surface area contributed by atoms with Crippen LogP contribution in [0.25, 0.3) is 11.0 Å². The van der Waals surface area contributed by atoms with Gasteiger partial charge in [0.05, 0.1) is 5.52 Å². The topological polar surface area (TPSA) is 29.9 Å².